The Balaban J connectivity index is 2.06. The smallest absolute Gasteiger partial charge is 0.342 e. The maximum Gasteiger partial charge on any atom is 0.342 e. The summed E-state index contributed by atoms with van der Waals surface area (Å²) in [4.78, 5) is 26.3. The Morgan fingerprint density at radius 2 is 2.07 bits per heavy atom. The molecule has 0 spiro atoms. The second kappa shape index (κ2) is 8.60. The van der Waals surface area contributed by atoms with Gasteiger partial charge in [-0.3, -0.25) is 4.79 Å². The third-order valence-electron chi connectivity index (χ3n) is 4.71. The predicted octanol–water partition coefficient (Wildman–Crippen LogP) is 1.37. The molecule has 8 nitrogen and oxygen atoms in total. The summed E-state index contributed by atoms with van der Waals surface area (Å²) in [6.45, 7) is 3.21. The van der Waals surface area contributed by atoms with Crippen molar-refractivity contribution < 1.29 is 32.6 Å². The van der Waals surface area contributed by atoms with E-state index in [2.05, 4.69) is 0 Å². The Bertz CT molecular complexity index is 806. The SMILES string of the molecule is CCC(C)N(C(=O)COC(=O)c1ccc(OC)cc1O)C1CCS(=O)(=O)C1. The van der Waals surface area contributed by atoms with Crippen molar-refractivity contribution in [1.82, 2.24) is 4.90 Å². The zero-order valence-electron chi connectivity index (χ0n) is 15.7. The van der Waals surface area contributed by atoms with Gasteiger partial charge in [0.1, 0.15) is 17.1 Å². The van der Waals surface area contributed by atoms with Crippen molar-refractivity contribution in [2.24, 2.45) is 0 Å². The number of phenols is 1. The van der Waals surface area contributed by atoms with Crippen molar-refractivity contribution in [2.75, 3.05) is 25.2 Å². The Hall–Kier alpha value is -2.29. The first-order valence-electron chi connectivity index (χ1n) is 8.74. The number of benzene rings is 1. The van der Waals surface area contributed by atoms with E-state index >= 15 is 0 Å². The average Bonchev–Trinajstić information content (AvgIpc) is 2.98. The molecule has 1 heterocycles. The third-order valence-corrected chi connectivity index (χ3v) is 6.46. The van der Waals surface area contributed by atoms with Gasteiger partial charge in [-0.05, 0) is 31.9 Å². The zero-order valence-corrected chi connectivity index (χ0v) is 16.5. The topological polar surface area (TPSA) is 110 Å². The Kier molecular flexibility index (Phi) is 6.69. The number of esters is 1. The maximum atomic E-state index is 12.6. The molecular formula is C18H25NO7S. The van der Waals surface area contributed by atoms with Gasteiger partial charge in [0.05, 0.1) is 18.6 Å². The summed E-state index contributed by atoms with van der Waals surface area (Å²) < 4.78 is 33.5. The van der Waals surface area contributed by atoms with Gasteiger partial charge >= 0.3 is 5.97 Å². The van der Waals surface area contributed by atoms with Crippen LogP contribution < -0.4 is 4.74 Å². The lowest BCUT2D eigenvalue weighted by atomic mass is 10.1. The fraction of sp³-hybridized carbons (Fsp3) is 0.556. The molecule has 1 saturated heterocycles. The minimum absolute atomic E-state index is 0.0530. The number of hydrogen-bond donors (Lipinski definition) is 1. The molecule has 2 unspecified atom stereocenters. The number of ether oxygens (including phenoxy) is 2. The molecule has 0 bridgehead atoms. The van der Waals surface area contributed by atoms with E-state index in [1.807, 2.05) is 13.8 Å². The molecule has 27 heavy (non-hydrogen) atoms. The van der Waals surface area contributed by atoms with E-state index in [1.54, 1.807) is 0 Å². The molecule has 1 fully saturated rings. The number of phenolic OH excluding ortho intramolecular Hbond substituents is 1. The average molecular weight is 399 g/mol. The highest BCUT2D eigenvalue weighted by Gasteiger charge is 2.36. The van der Waals surface area contributed by atoms with E-state index in [-0.39, 0.29) is 28.9 Å². The summed E-state index contributed by atoms with van der Waals surface area (Å²) >= 11 is 0. The number of aromatic hydroxyl groups is 1. The van der Waals surface area contributed by atoms with Crippen LogP contribution in [0.1, 0.15) is 37.0 Å². The molecule has 2 atom stereocenters. The second-order valence-corrected chi connectivity index (χ2v) is 8.80. The van der Waals surface area contributed by atoms with Crippen molar-refractivity contribution in [2.45, 2.75) is 38.8 Å². The van der Waals surface area contributed by atoms with Crippen LogP contribution in [-0.2, 0) is 19.4 Å². The number of carbonyl (C=O) groups excluding carboxylic acids is 2. The van der Waals surface area contributed by atoms with Gasteiger partial charge in [-0.25, -0.2) is 13.2 Å². The lowest BCUT2D eigenvalue weighted by molar-refractivity contribution is -0.138. The predicted molar refractivity (Wildman–Crippen MR) is 98.6 cm³/mol. The van der Waals surface area contributed by atoms with Gasteiger partial charge in [-0.2, -0.15) is 0 Å². The van der Waals surface area contributed by atoms with Crippen LogP contribution in [-0.4, -0.2) is 67.6 Å². The normalized spacial score (nSPS) is 19.3. The molecule has 1 amide bonds. The van der Waals surface area contributed by atoms with E-state index < -0.39 is 34.4 Å². The molecule has 0 radical (unpaired) electrons. The molecule has 150 valence electrons. The van der Waals surface area contributed by atoms with Crippen LogP contribution >= 0.6 is 0 Å². The van der Waals surface area contributed by atoms with E-state index in [1.165, 1.54) is 30.2 Å². The number of nitrogens with zero attached hydrogens (tertiary/aromatic N) is 1. The maximum absolute atomic E-state index is 12.6. The summed E-state index contributed by atoms with van der Waals surface area (Å²) in [5.41, 5.74) is -0.0814. The summed E-state index contributed by atoms with van der Waals surface area (Å²) in [5.74, 6) is -1.24. The number of rotatable bonds is 7. The molecule has 0 aromatic heterocycles. The number of carbonyl (C=O) groups is 2. The molecule has 1 aromatic carbocycles. The highest BCUT2D eigenvalue weighted by Crippen LogP contribution is 2.25. The standard InChI is InChI=1S/C18H25NO7S/c1-4-12(2)19(13-7-8-27(23,24)11-13)17(21)10-26-18(22)15-6-5-14(25-3)9-16(15)20/h5-6,9,12-13,20H,4,7-8,10-11H2,1-3H3. The molecule has 0 aliphatic carbocycles. The van der Waals surface area contributed by atoms with Crippen molar-refractivity contribution in [3.8, 4) is 11.5 Å². The number of hydrogen-bond acceptors (Lipinski definition) is 7. The molecule has 1 aromatic rings. The minimum atomic E-state index is -3.15. The highest BCUT2D eigenvalue weighted by atomic mass is 32.2. The van der Waals surface area contributed by atoms with Crippen molar-refractivity contribution in [3.63, 3.8) is 0 Å². The summed E-state index contributed by atoms with van der Waals surface area (Å²) in [7, 11) is -1.72. The van der Waals surface area contributed by atoms with Gasteiger partial charge in [-0.15, -0.1) is 0 Å². The van der Waals surface area contributed by atoms with Crippen LogP contribution in [0.5, 0.6) is 11.5 Å². The van der Waals surface area contributed by atoms with Crippen LogP contribution in [0, 0.1) is 0 Å². The summed E-state index contributed by atoms with van der Waals surface area (Å²) in [6, 6.07) is 3.52. The number of methoxy groups -OCH3 is 1. The summed E-state index contributed by atoms with van der Waals surface area (Å²) in [5, 5.41) is 9.88. The third kappa shape index (κ3) is 5.12. The van der Waals surface area contributed by atoms with Crippen LogP contribution in [0.2, 0.25) is 0 Å². The number of amides is 1. The van der Waals surface area contributed by atoms with Gasteiger partial charge in [0.15, 0.2) is 16.4 Å². The van der Waals surface area contributed by atoms with Crippen LogP contribution in [0.25, 0.3) is 0 Å². The molecule has 9 heteroatoms. The van der Waals surface area contributed by atoms with Gasteiger partial charge in [-0.1, -0.05) is 6.92 Å². The van der Waals surface area contributed by atoms with Gasteiger partial charge in [0.25, 0.3) is 5.91 Å². The van der Waals surface area contributed by atoms with Gasteiger partial charge in [0, 0.05) is 18.2 Å². The monoisotopic (exact) mass is 399 g/mol. The van der Waals surface area contributed by atoms with Crippen molar-refractivity contribution in [3.05, 3.63) is 23.8 Å². The largest absolute Gasteiger partial charge is 0.507 e. The second-order valence-electron chi connectivity index (χ2n) is 6.57. The highest BCUT2D eigenvalue weighted by molar-refractivity contribution is 7.91. The lowest BCUT2D eigenvalue weighted by Gasteiger charge is -2.33. The first kappa shape index (κ1) is 21.0. The van der Waals surface area contributed by atoms with E-state index in [0.717, 1.165) is 0 Å². The molecule has 1 N–H and O–H groups in total. The minimum Gasteiger partial charge on any atom is -0.507 e. The molecule has 1 aliphatic rings. The van der Waals surface area contributed by atoms with E-state index in [0.29, 0.717) is 18.6 Å². The van der Waals surface area contributed by atoms with Gasteiger partial charge in [0.2, 0.25) is 0 Å². The first-order valence-corrected chi connectivity index (χ1v) is 10.6. The molecular weight excluding hydrogens is 374 g/mol. The fourth-order valence-corrected chi connectivity index (χ4v) is 4.80. The quantitative estimate of drug-likeness (QED) is 0.690. The van der Waals surface area contributed by atoms with E-state index in [9.17, 15) is 23.1 Å². The Morgan fingerprint density at radius 1 is 1.37 bits per heavy atom. The van der Waals surface area contributed by atoms with Crippen molar-refractivity contribution in [1.29, 1.82) is 0 Å². The summed E-state index contributed by atoms with van der Waals surface area (Å²) in [6.07, 6.45) is 1.03. The van der Waals surface area contributed by atoms with Gasteiger partial charge < -0.3 is 19.5 Å². The Morgan fingerprint density at radius 3 is 2.59 bits per heavy atom. The van der Waals surface area contributed by atoms with Crippen molar-refractivity contribution >= 4 is 21.7 Å². The lowest BCUT2D eigenvalue weighted by Crippen LogP contribution is -2.48. The molecule has 0 saturated carbocycles. The van der Waals surface area contributed by atoms with E-state index in [4.69, 9.17) is 9.47 Å². The first-order chi connectivity index (χ1) is 12.7. The van der Waals surface area contributed by atoms with Crippen LogP contribution in [0.4, 0.5) is 0 Å². The van der Waals surface area contributed by atoms with Crippen LogP contribution in [0.15, 0.2) is 18.2 Å². The molecule has 1 aliphatic heterocycles. The van der Waals surface area contributed by atoms with Crippen LogP contribution in [0.3, 0.4) is 0 Å². The fourth-order valence-electron chi connectivity index (χ4n) is 3.09. The zero-order chi connectivity index (χ0) is 20.2. The number of sulfone groups is 1. The molecule has 2 rings (SSSR count). The Labute approximate surface area is 159 Å².